The van der Waals surface area contributed by atoms with E-state index >= 15 is 0 Å². The Hall–Kier alpha value is -0.570. The number of hydrogen-bond acceptors (Lipinski definition) is 1. The highest BCUT2D eigenvalue weighted by Gasteiger charge is 2.15. The van der Waals surface area contributed by atoms with Crippen LogP contribution < -0.4 is 5.43 Å². The van der Waals surface area contributed by atoms with Crippen molar-refractivity contribution in [1.29, 1.82) is 0 Å². The van der Waals surface area contributed by atoms with Crippen molar-refractivity contribution >= 4 is 5.91 Å². The van der Waals surface area contributed by atoms with Crippen molar-refractivity contribution in [2.45, 2.75) is 104 Å². The van der Waals surface area contributed by atoms with Crippen LogP contribution in [0, 0.1) is 0 Å². The van der Waals surface area contributed by atoms with E-state index in [-0.39, 0.29) is 5.91 Å². The van der Waals surface area contributed by atoms with Gasteiger partial charge < -0.3 is 0 Å². The minimum absolute atomic E-state index is 0.0559. The van der Waals surface area contributed by atoms with Crippen molar-refractivity contribution in [3.05, 3.63) is 0 Å². The molecule has 0 unspecified atom stereocenters. The van der Waals surface area contributed by atoms with Crippen molar-refractivity contribution in [3.63, 3.8) is 0 Å². The largest absolute Gasteiger partial charge is 0.270 e. The topological polar surface area (TPSA) is 29.1 Å². The molecular formula is C20H43N2O+. The van der Waals surface area contributed by atoms with Crippen molar-refractivity contribution in [2.75, 3.05) is 20.6 Å². The molecule has 0 radical (unpaired) electrons. The van der Waals surface area contributed by atoms with Gasteiger partial charge >= 0.3 is 0 Å². The van der Waals surface area contributed by atoms with Crippen LogP contribution in [-0.2, 0) is 4.79 Å². The molecule has 0 saturated carbocycles. The minimum atomic E-state index is 0.0559. The van der Waals surface area contributed by atoms with Gasteiger partial charge in [-0.25, -0.2) is 10.0 Å². The zero-order chi connectivity index (χ0) is 17.4. The maximum absolute atomic E-state index is 11.1. The van der Waals surface area contributed by atoms with Crippen LogP contribution in [-0.4, -0.2) is 31.1 Å². The Morgan fingerprint density at radius 3 is 1.39 bits per heavy atom. The van der Waals surface area contributed by atoms with E-state index in [1.807, 2.05) is 0 Å². The van der Waals surface area contributed by atoms with Gasteiger partial charge in [-0.15, -0.1) is 0 Å². The first-order valence-electron chi connectivity index (χ1n) is 10.1. The summed E-state index contributed by atoms with van der Waals surface area (Å²) in [5.74, 6) is 0.0559. The average molecular weight is 328 g/mol. The van der Waals surface area contributed by atoms with Crippen molar-refractivity contribution in [3.8, 4) is 0 Å². The molecule has 0 heterocycles. The number of hydrogen-bond donors (Lipinski definition) is 1. The first-order chi connectivity index (χ1) is 11.0. The Morgan fingerprint density at radius 1 is 0.696 bits per heavy atom. The normalized spacial score (nSPS) is 11.7. The highest BCUT2D eigenvalue weighted by atomic mass is 16.2. The number of rotatable bonds is 16. The lowest BCUT2D eigenvalue weighted by Gasteiger charge is -2.28. The lowest BCUT2D eigenvalue weighted by molar-refractivity contribution is -0.925. The molecule has 3 nitrogen and oxygen atoms in total. The van der Waals surface area contributed by atoms with E-state index in [0.717, 1.165) is 6.54 Å². The molecule has 0 bridgehead atoms. The molecule has 1 N–H and O–H groups in total. The zero-order valence-electron chi connectivity index (χ0n) is 16.5. The van der Waals surface area contributed by atoms with Gasteiger partial charge in [0.1, 0.15) is 6.54 Å². The summed E-state index contributed by atoms with van der Waals surface area (Å²) in [7, 11) is 4.12. The number of amides is 1. The monoisotopic (exact) mass is 327 g/mol. The molecule has 138 valence electrons. The van der Waals surface area contributed by atoms with Crippen molar-refractivity contribution < 1.29 is 9.39 Å². The molecule has 0 fully saturated rings. The fourth-order valence-corrected chi connectivity index (χ4v) is 3.18. The van der Waals surface area contributed by atoms with Gasteiger partial charge in [-0.1, -0.05) is 84.0 Å². The molecule has 0 aliphatic heterocycles. The summed E-state index contributed by atoms with van der Waals surface area (Å²) in [5.41, 5.74) is 2.96. The third-order valence-corrected chi connectivity index (χ3v) is 4.53. The van der Waals surface area contributed by atoms with Gasteiger partial charge in [0, 0.05) is 6.92 Å². The molecule has 0 spiro atoms. The highest BCUT2D eigenvalue weighted by molar-refractivity contribution is 5.71. The van der Waals surface area contributed by atoms with Crippen LogP contribution in [0.4, 0.5) is 0 Å². The summed E-state index contributed by atoms with van der Waals surface area (Å²) in [4.78, 5) is 11.1. The summed E-state index contributed by atoms with van der Waals surface area (Å²) in [6.45, 7) is 4.89. The quantitative estimate of drug-likeness (QED) is 0.223. The first kappa shape index (κ1) is 22.4. The lowest BCUT2D eigenvalue weighted by atomic mass is 10.0. The highest BCUT2D eigenvalue weighted by Crippen LogP contribution is 2.13. The number of unbranched alkanes of at least 4 members (excludes halogenated alkanes) is 13. The molecule has 1 amide bonds. The summed E-state index contributed by atoms with van der Waals surface area (Å²) >= 11 is 0. The van der Waals surface area contributed by atoms with Gasteiger partial charge in [0.2, 0.25) is 0 Å². The van der Waals surface area contributed by atoms with Crippen LogP contribution in [0.1, 0.15) is 104 Å². The maximum atomic E-state index is 11.1. The third kappa shape index (κ3) is 17.6. The molecule has 0 aliphatic rings. The summed E-state index contributed by atoms with van der Waals surface area (Å²) < 4.78 is 0.605. The lowest BCUT2D eigenvalue weighted by Crippen LogP contribution is -2.54. The van der Waals surface area contributed by atoms with Crippen LogP contribution in [0.3, 0.4) is 0 Å². The average Bonchev–Trinajstić information content (AvgIpc) is 2.46. The SMILES string of the molecule is CCCCCCCCCCCCCCCC[N+](C)(C)NC(C)=O. The molecule has 0 aliphatic carbocycles. The number of quaternary nitrogens is 1. The van der Waals surface area contributed by atoms with E-state index in [9.17, 15) is 4.79 Å². The molecule has 23 heavy (non-hydrogen) atoms. The summed E-state index contributed by atoms with van der Waals surface area (Å²) in [6.07, 6.45) is 19.4. The fourth-order valence-electron chi connectivity index (χ4n) is 3.18. The third-order valence-electron chi connectivity index (χ3n) is 4.53. The fraction of sp³-hybridized carbons (Fsp3) is 0.950. The van der Waals surface area contributed by atoms with Crippen molar-refractivity contribution in [2.24, 2.45) is 0 Å². The Labute approximate surface area is 145 Å². The minimum Gasteiger partial charge on any atom is -0.270 e. The van der Waals surface area contributed by atoms with E-state index in [1.54, 1.807) is 6.92 Å². The number of nitrogens with zero attached hydrogens (tertiary/aromatic N) is 1. The standard InChI is InChI=1S/C20H42N2O/c1-5-6-7-8-9-10-11-12-13-14-15-16-17-18-19-22(3,4)21-20(2)23/h5-19H2,1-4H3/p+1. The van der Waals surface area contributed by atoms with Crippen LogP contribution in [0.5, 0.6) is 0 Å². The van der Waals surface area contributed by atoms with Gasteiger partial charge in [0.05, 0.1) is 14.1 Å². The smallest absolute Gasteiger partial charge is 0.261 e. The number of carbonyl (C=O) groups is 1. The molecular weight excluding hydrogens is 284 g/mol. The Balaban J connectivity index is 3.20. The summed E-state index contributed by atoms with van der Waals surface area (Å²) in [5, 5.41) is 0. The summed E-state index contributed by atoms with van der Waals surface area (Å²) in [6, 6.07) is 0. The van der Waals surface area contributed by atoms with Crippen LogP contribution in [0.25, 0.3) is 0 Å². The Bertz CT molecular complexity index is 277. The van der Waals surface area contributed by atoms with Gasteiger partial charge in [-0.05, 0) is 12.8 Å². The van der Waals surface area contributed by atoms with Crippen LogP contribution in [0.2, 0.25) is 0 Å². The predicted octanol–water partition coefficient (Wildman–Crippen LogP) is 5.60. The van der Waals surface area contributed by atoms with Gasteiger partial charge in [0.15, 0.2) is 0 Å². The molecule has 0 aromatic rings. The van der Waals surface area contributed by atoms with E-state index in [4.69, 9.17) is 0 Å². The number of nitrogens with one attached hydrogen (secondary N) is 1. The molecule has 0 rings (SSSR count). The van der Waals surface area contributed by atoms with Crippen LogP contribution in [0.15, 0.2) is 0 Å². The first-order valence-corrected chi connectivity index (χ1v) is 10.1. The Morgan fingerprint density at radius 2 is 1.04 bits per heavy atom. The van der Waals surface area contributed by atoms with E-state index in [2.05, 4.69) is 26.4 Å². The van der Waals surface area contributed by atoms with Gasteiger partial charge in [-0.3, -0.25) is 4.79 Å². The van der Waals surface area contributed by atoms with E-state index in [0.29, 0.717) is 4.59 Å². The molecule has 0 saturated heterocycles. The predicted molar refractivity (Wildman–Crippen MR) is 101 cm³/mol. The Kier molecular flexibility index (Phi) is 14.6. The van der Waals surface area contributed by atoms with E-state index < -0.39 is 0 Å². The molecule has 0 aromatic heterocycles. The molecule has 3 heteroatoms. The van der Waals surface area contributed by atoms with E-state index in [1.165, 1.54) is 89.9 Å². The van der Waals surface area contributed by atoms with Crippen LogP contribution >= 0.6 is 0 Å². The second-order valence-corrected chi connectivity index (χ2v) is 7.67. The zero-order valence-corrected chi connectivity index (χ0v) is 16.5. The van der Waals surface area contributed by atoms with Gasteiger partial charge in [-0.2, -0.15) is 0 Å². The second kappa shape index (κ2) is 15.0. The maximum Gasteiger partial charge on any atom is 0.261 e. The van der Waals surface area contributed by atoms with Gasteiger partial charge in [0.25, 0.3) is 5.91 Å². The number of carbonyl (C=O) groups excluding carboxylic acids is 1. The molecule has 0 atom stereocenters. The second-order valence-electron chi connectivity index (χ2n) is 7.67. The van der Waals surface area contributed by atoms with Crippen molar-refractivity contribution in [1.82, 2.24) is 5.43 Å². The molecule has 0 aromatic carbocycles.